The molecule has 1 aromatic rings. The van der Waals surface area contributed by atoms with E-state index in [1.54, 1.807) is 0 Å². The van der Waals surface area contributed by atoms with Crippen molar-refractivity contribution in [3.8, 4) is 0 Å². The highest BCUT2D eigenvalue weighted by molar-refractivity contribution is 5.17. The molecule has 0 radical (unpaired) electrons. The van der Waals surface area contributed by atoms with Gasteiger partial charge in [-0.1, -0.05) is 13.0 Å². The molecule has 0 atom stereocenters. The topological polar surface area (TPSA) is 24.9 Å². The van der Waals surface area contributed by atoms with Crippen molar-refractivity contribution in [3.63, 3.8) is 0 Å². The summed E-state index contributed by atoms with van der Waals surface area (Å²) in [6.07, 6.45) is 1.04. The van der Waals surface area contributed by atoms with Crippen LogP contribution in [0.25, 0.3) is 0 Å². The first kappa shape index (κ1) is 7.74. The van der Waals surface area contributed by atoms with E-state index in [0.717, 1.165) is 19.5 Å². The molecule has 1 aliphatic heterocycles. The standard InChI is InChI=1S/C10H14N2/c1-2-9-4-3-5-10(12-9)8-6-11-7-8/h3-5,8,11H,2,6-7H2,1H3. The second kappa shape index (κ2) is 3.23. The van der Waals surface area contributed by atoms with Crippen LogP contribution in [0.3, 0.4) is 0 Å². The maximum absolute atomic E-state index is 4.57. The lowest BCUT2D eigenvalue weighted by Crippen LogP contribution is -2.40. The van der Waals surface area contributed by atoms with Gasteiger partial charge in [-0.05, 0) is 18.6 Å². The minimum Gasteiger partial charge on any atom is -0.315 e. The van der Waals surface area contributed by atoms with E-state index in [0.29, 0.717) is 5.92 Å². The smallest absolute Gasteiger partial charge is 0.0463 e. The molecule has 2 rings (SSSR count). The molecule has 0 bridgehead atoms. The summed E-state index contributed by atoms with van der Waals surface area (Å²) in [5, 5.41) is 3.26. The molecule has 0 unspecified atom stereocenters. The zero-order valence-electron chi connectivity index (χ0n) is 7.38. The monoisotopic (exact) mass is 162 g/mol. The van der Waals surface area contributed by atoms with Gasteiger partial charge in [0.05, 0.1) is 0 Å². The second-order valence-electron chi connectivity index (χ2n) is 3.26. The Balaban J connectivity index is 2.19. The van der Waals surface area contributed by atoms with Crippen LogP contribution in [0.4, 0.5) is 0 Å². The van der Waals surface area contributed by atoms with Crippen LogP contribution in [0.1, 0.15) is 24.2 Å². The molecule has 64 valence electrons. The molecule has 12 heavy (non-hydrogen) atoms. The van der Waals surface area contributed by atoms with Gasteiger partial charge in [-0.2, -0.15) is 0 Å². The van der Waals surface area contributed by atoms with Crippen LogP contribution in [0.2, 0.25) is 0 Å². The van der Waals surface area contributed by atoms with Crippen molar-refractivity contribution in [1.82, 2.24) is 10.3 Å². The van der Waals surface area contributed by atoms with E-state index in [1.165, 1.54) is 11.4 Å². The number of pyridine rings is 1. The van der Waals surface area contributed by atoms with E-state index in [9.17, 15) is 0 Å². The lowest BCUT2D eigenvalue weighted by molar-refractivity contribution is 0.439. The van der Waals surface area contributed by atoms with Gasteiger partial charge in [-0.3, -0.25) is 4.98 Å². The third-order valence-corrected chi connectivity index (χ3v) is 2.39. The Morgan fingerprint density at radius 1 is 1.50 bits per heavy atom. The molecule has 0 amide bonds. The average Bonchev–Trinajstić information content (AvgIpc) is 2.02. The lowest BCUT2D eigenvalue weighted by atomic mass is 9.98. The number of nitrogens with one attached hydrogen (secondary N) is 1. The van der Waals surface area contributed by atoms with E-state index < -0.39 is 0 Å². The molecular formula is C10H14N2. The van der Waals surface area contributed by atoms with Crippen LogP contribution >= 0.6 is 0 Å². The molecule has 1 fully saturated rings. The highest BCUT2D eigenvalue weighted by Crippen LogP contribution is 2.17. The molecule has 1 aliphatic rings. The van der Waals surface area contributed by atoms with Gasteiger partial charge in [-0.15, -0.1) is 0 Å². The third-order valence-electron chi connectivity index (χ3n) is 2.39. The number of hydrogen-bond donors (Lipinski definition) is 1. The summed E-state index contributed by atoms with van der Waals surface area (Å²) in [5.74, 6) is 0.663. The first-order valence-corrected chi connectivity index (χ1v) is 4.56. The van der Waals surface area contributed by atoms with E-state index in [4.69, 9.17) is 0 Å². The van der Waals surface area contributed by atoms with Gasteiger partial charge in [0.2, 0.25) is 0 Å². The summed E-state index contributed by atoms with van der Waals surface area (Å²) in [6, 6.07) is 6.33. The fraction of sp³-hybridized carbons (Fsp3) is 0.500. The summed E-state index contributed by atoms with van der Waals surface area (Å²) in [5.41, 5.74) is 2.47. The van der Waals surface area contributed by atoms with Crippen molar-refractivity contribution in [3.05, 3.63) is 29.6 Å². The van der Waals surface area contributed by atoms with Crippen molar-refractivity contribution >= 4 is 0 Å². The van der Waals surface area contributed by atoms with Gasteiger partial charge in [-0.25, -0.2) is 0 Å². The van der Waals surface area contributed by atoms with Crippen molar-refractivity contribution in [2.75, 3.05) is 13.1 Å². The largest absolute Gasteiger partial charge is 0.315 e. The molecule has 2 heterocycles. The zero-order valence-corrected chi connectivity index (χ0v) is 7.38. The first-order valence-electron chi connectivity index (χ1n) is 4.56. The number of nitrogens with zero attached hydrogens (tertiary/aromatic N) is 1. The maximum Gasteiger partial charge on any atom is 0.0463 e. The van der Waals surface area contributed by atoms with Crippen LogP contribution in [-0.2, 0) is 6.42 Å². The Kier molecular flexibility index (Phi) is 2.09. The minimum absolute atomic E-state index is 0.663. The van der Waals surface area contributed by atoms with Gasteiger partial charge >= 0.3 is 0 Å². The minimum atomic E-state index is 0.663. The van der Waals surface area contributed by atoms with Gasteiger partial charge < -0.3 is 5.32 Å². The average molecular weight is 162 g/mol. The maximum atomic E-state index is 4.57. The summed E-state index contributed by atoms with van der Waals surface area (Å²) in [4.78, 5) is 4.57. The van der Waals surface area contributed by atoms with Crippen molar-refractivity contribution in [1.29, 1.82) is 0 Å². The Hall–Kier alpha value is -0.890. The van der Waals surface area contributed by atoms with Crippen LogP contribution < -0.4 is 5.32 Å². The number of aryl methyl sites for hydroxylation is 1. The Morgan fingerprint density at radius 2 is 2.33 bits per heavy atom. The summed E-state index contributed by atoms with van der Waals surface area (Å²) >= 11 is 0. The summed E-state index contributed by atoms with van der Waals surface area (Å²) < 4.78 is 0. The van der Waals surface area contributed by atoms with Gasteiger partial charge in [0.25, 0.3) is 0 Å². The quantitative estimate of drug-likeness (QED) is 0.709. The van der Waals surface area contributed by atoms with Crippen LogP contribution in [-0.4, -0.2) is 18.1 Å². The Labute approximate surface area is 73.0 Å². The third kappa shape index (κ3) is 1.34. The lowest BCUT2D eigenvalue weighted by Gasteiger charge is -2.26. The first-order chi connectivity index (χ1) is 5.90. The molecule has 0 spiro atoms. The summed E-state index contributed by atoms with van der Waals surface area (Å²) in [7, 11) is 0. The predicted molar refractivity (Wildman–Crippen MR) is 49.2 cm³/mol. The van der Waals surface area contributed by atoms with E-state index in [1.807, 2.05) is 0 Å². The molecular weight excluding hydrogens is 148 g/mol. The van der Waals surface area contributed by atoms with Crippen molar-refractivity contribution in [2.24, 2.45) is 0 Å². The molecule has 0 saturated carbocycles. The Bertz CT molecular complexity index is 266. The number of aromatic nitrogens is 1. The van der Waals surface area contributed by atoms with E-state index in [-0.39, 0.29) is 0 Å². The molecule has 2 nitrogen and oxygen atoms in total. The molecule has 1 saturated heterocycles. The Morgan fingerprint density at radius 3 is 2.92 bits per heavy atom. The highest BCUT2D eigenvalue weighted by atomic mass is 15.0. The fourth-order valence-electron chi connectivity index (χ4n) is 1.42. The van der Waals surface area contributed by atoms with Gasteiger partial charge in [0.15, 0.2) is 0 Å². The van der Waals surface area contributed by atoms with Crippen molar-refractivity contribution < 1.29 is 0 Å². The van der Waals surface area contributed by atoms with Gasteiger partial charge in [0, 0.05) is 30.4 Å². The fourth-order valence-corrected chi connectivity index (χ4v) is 1.42. The summed E-state index contributed by atoms with van der Waals surface area (Å²) in [6.45, 7) is 4.34. The molecule has 1 N–H and O–H groups in total. The van der Waals surface area contributed by atoms with Crippen LogP contribution in [0.15, 0.2) is 18.2 Å². The molecule has 0 aliphatic carbocycles. The highest BCUT2D eigenvalue weighted by Gasteiger charge is 2.19. The molecule has 2 heteroatoms. The number of rotatable bonds is 2. The van der Waals surface area contributed by atoms with E-state index >= 15 is 0 Å². The SMILES string of the molecule is CCc1cccc(C2CNC2)n1. The normalized spacial score (nSPS) is 17.4. The molecule has 1 aromatic heterocycles. The predicted octanol–water partition coefficient (Wildman–Crippen LogP) is 1.33. The molecule has 0 aromatic carbocycles. The van der Waals surface area contributed by atoms with Crippen molar-refractivity contribution in [2.45, 2.75) is 19.3 Å². The van der Waals surface area contributed by atoms with Crippen LogP contribution in [0.5, 0.6) is 0 Å². The van der Waals surface area contributed by atoms with Crippen LogP contribution in [0, 0.1) is 0 Å². The van der Waals surface area contributed by atoms with E-state index in [2.05, 4.69) is 35.4 Å². The zero-order chi connectivity index (χ0) is 8.39. The second-order valence-corrected chi connectivity index (χ2v) is 3.26. The number of hydrogen-bond acceptors (Lipinski definition) is 2. The van der Waals surface area contributed by atoms with Gasteiger partial charge in [0.1, 0.15) is 0 Å².